The van der Waals surface area contributed by atoms with Crippen molar-refractivity contribution in [3.63, 3.8) is 0 Å². The summed E-state index contributed by atoms with van der Waals surface area (Å²) in [6.07, 6.45) is 4.87. The first kappa shape index (κ1) is 34.9. The minimum Gasteiger partial charge on any atom is -0.497 e. The standard InChI is InChI=1S/C37H39ClFN3O5S/c1-47-32-19-21-33(22-20-32)48(45,46)42(31-17-10-14-29(38)24-31)26-36(43)41(25-28-13-8-9-18-34(28)39)35(23-27-11-4-2-5-12-27)37(44)40-30-15-6-3-7-16-30/h2,4-5,8-14,17-22,24,30,35H,3,6-7,15-16,23,25-26H2,1H3,(H,40,44)/t35-/m0/s1. The van der Waals surface area contributed by atoms with E-state index in [1.165, 1.54) is 48.4 Å². The summed E-state index contributed by atoms with van der Waals surface area (Å²) in [6, 6.07) is 26.2. The number of rotatable bonds is 13. The lowest BCUT2D eigenvalue weighted by Gasteiger charge is -2.35. The number of nitrogens with one attached hydrogen (secondary N) is 1. The van der Waals surface area contributed by atoms with Crippen LogP contribution >= 0.6 is 11.6 Å². The molecule has 0 unspecified atom stereocenters. The van der Waals surface area contributed by atoms with Gasteiger partial charge in [0.2, 0.25) is 11.8 Å². The van der Waals surface area contributed by atoms with Gasteiger partial charge < -0.3 is 15.0 Å². The van der Waals surface area contributed by atoms with Crippen LogP contribution < -0.4 is 14.4 Å². The van der Waals surface area contributed by atoms with Crippen LogP contribution in [0.2, 0.25) is 5.02 Å². The quantitative estimate of drug-likeness (QED) is 0.167. The van der Waals surface area contributed by atoms with Crippen molar-refractivity contribution in [2.24, 2.45) is 0 Å². The zero-order valence-corrected chi connectivity index (χ0v) is 28.3. The molecule has 0 aliphatic heterocycles. The van der Waals surface area contributed by atoms with Gasteiger partial charge in [0.25, 0.3) is 10.0 Å². The lowest BCUT2D eigenvalue weighted by molar-refractivity contribution is -0.140. The number of methoxy groups -OCH3 is 1. The summed E-state index contributed by atoms with van der Waals surface area (Å²) in [5, 5.41) is 3.42. The lowest BCUT2D eigenvalue weighted by Crippen LogP contribution is -2.55. The van der Waals surface area contributed by atoms with Crippen molar-refractivity contribution >= 4 is 39.1 Å². The van der Waals surface area contributed by atoms with Crippen LogP contribution in [0.25, 0.3) is 0 Å². The van der Waals surface area contributed by atoms with Crippen molar-refractivity contribution < 1.29 is 27.1 Å². The fraction of sp³-hybridized carbons (Fsp3) is 0.297. The van der Waals surface area contributed by atoms with Gasteiger partial charge in [-0.2, -0.15) is 0 Å². The first-order valence-corrected chi connectivity index (χ1v) is 17.8. The van der Waals surface area contributed by atoms with Gasteiger partial charge in [-0.05, 0) is 66.9 Å². The fourth-order valence-electron chi connectivity index (χ4n) is 5.94. The molecule has 1 atom stereocenters. The van der Waals surface area contributed by atoms with E-state index in [0.29, 0.717) is 5.75 Å². The molecule has 1 aliphatic rings. The van der Waals surface area contributed by atoms with E-state index in [-0.39, 0.29) is 46.1 Å². The maximum atomic E-state index is 15.2. The van der Waals surface area contributed by atoms with Crippen LogP contribution in [0.3, 0.4) is 0 Å². The Hall–Kier alpha value is -4.41. The van der Waals surface area contributed by atoms with Gasteiger partial charge in [0.05, 0.1) is 17.7 Å². The van der Waals surface area contributed by atoms with Crippen molar-refractivity contribution in [1.82, 2.24) is 10.2 Å². The second-order valence-electron chi connectivity index (χ2n) is 11.8. The third-order valence-electron chi connectivity index (χ3n) is 8.54. The van der Waals surface area contributed by atoms with Crippen molar-refractivity contribution in [3.05, 3.63) is 125 Å². The molecule has 2 amide bonds. The highest BCUT2D eigenvalue weighted by molar-refractivity contribution is 7.92. The van der Waals surface area contributed by atoms with Gasteiger partial charge in [0.15, 0.2) is 0 Å². The van der Waals surface area contributed by atoms with Gasteiger partial charge in [-0.1, -0.05) is 85.5 Å². The van der Waals surface area contributed by atoms with Gasteiger partial charge >= 0.3 is 0 Å². The van der Waals surface area contributed by atoms with Gasteiger partial charge in [-0.3, -0.25) is 13.9 Å². The number of ether oxygens (including phenoxy) is 1. The summed E-state index contributed by atoms with van der Waals surface area (Å²) in [5.41, 5.74) is 1.15. The Morgan fingerprint density at radius 2 is 1.60 bits per heavy atom. The zero-order chi connectivity index (χ0) is 34.1. The van der Waals surface area contributed by atoms with Crippen molar-refractivity contribution in [1.29, 1.82) is 0 Å². The second-order valence-corrected chi connectivity index (χ2v) is 14.1. The molecule has 4 aromatic carbocycles. The molecule has 0 saturated heterocycles. The number of hydrogen-bond donors (Lipinski definition) is 1. The van der Waals surface area contributed by atoms with Crippen LogP contribution in [0.15, 0.2) is 108 Å². The van der Waals surface area contributed by atoms with Gasteiger partial charge in [-0.15, -0.1) is 0 Å². The van der Waals surface area contributed by atoms with Crippen molar-refractivity contribution in [3.8, 4) is 5.75 Å². The summed E-state index contributed by atoms with van der Waals surface area (Å²) in [5.74, 6) is -1.14. The van der Waals surface area contributed by atoms with Crippen LogP contribution in [-0.4, -0.2) is 50.9 Å². The molecule has 0 heterocycles. The summed E-state index contributed by atoms with van der Waals surface area (Å²) < 4.78 is 49.7. The largest absolute Gasteiger partial charge is 0.497 e. The predicted molar refractivity (Wildman–Crippen MR) is 185 cm³/mol. The normalized spacial score (nSPS) is 14.1. The molecule has 1 aliphatic carbocycles. The number of nitrogens with zero attached hydrogens (tertiary/aromatic N) is 2. The number of amides is 2. The highest BCUT2D eigenvalue weighted by Crippen LogP contribution is 2.28. The number of halogens is 2. The molecule has 4 aromatic rings. The van der Waals surface area contributed by atoms with Crippen LogP contribution in [0.5, 0.6) is 5.75 Å². The maximum Gasteiger partial charge on any atom is 0.264 e. The summed E-state index contributed by atoms with van der Waals surface area (Å²) in [4.78, 5) is 30.0. The maximum absolute atomic E-state index is 15.2. The molecule has 0 bridgehead atoms. The number of carbonyl (C=O) groups is 2. The lowest BCUT2D eigenvalue weighted by atomic mass is 9.94. The van der Waals surface area contributed by atoms with Crippen LogP contribution in [0, 0.1) is 5.82 Å². The van der Waals surface area contributed by atoms with Crippen LogP contribution in [0.1, 0.15) is 43.2 Å². The minimum absolute atomic E-state index is 0.0478. The molecule has 1 saturated carbocycles. The van der Waals surface area contributed by atoms with Crippen LogP contribution in [0.4, 0.5) is 10.1 Å². The molecule has 0 aromatic heterocycles. The summed E-state index contributed by atoms with van der Waals surface area (Å²) in [6.45, 7) is -0.932. The SMILES string of the molecule is COc1ccc(S(=O)(=O)N(CC(=O)N(Cc2ccccc2F)[C@@H](Cc2ccccc2)C(=O)NC2CCCCC2)c2cccc(Cl)c2)cc1. The van der Waals surface area contributed by atoms with E-state index in [1.54, 1.807) is 36.4 Å². The van der Waals surface area contributed by atoms with E-state index in [1.807, 2.05) is 30.3 Å². The molecule has 8 nitrogen and oxygen atoms in total. The molecule has 48 heavy (non-hydrogen) atoms. The Labute approximate surface area is 286 Å². The van der Waals surface area contributed by atoms with E-state index in [4.69, 9.17) is 16.3 Å². The van der Waals surface area contributed by atoms with E-state index in [9.17, 15) is 18.0 Å². The van der Waals surface area contributed by atoms with Crippen molar-refractivity contribution in [2.75, 3.05) is 18.0 Å². The molecule has 252 valence electrons. The van der Waals surface area contributed by atoms with Gasteiger partial charge in [-0.25, -0.2) is 12.8 Å². The average Bonchev–Trinajstić information content (AvgIpc) is 3.10. The second kappa shape index (κ2) is 16.1. The Bertz CT molecular complexity index is 1800. The third-order valence-corrected chi connectivity index (χ3v) is 10.6. The monoisotopic (exact) mass is 691 g/mol. The van der Waals surface area contributed by atoms with E-state index in [0.717, 1.165) is 42.0 Å². The first-order chi connectivity index (χ1) is 23.2. The fourth-order valence-corrected chi connectivity index (χ4v) is 7.53. The number of carbonyl (C=O) groups excluding carboxylic acids is 2. The highest BCUT2D eigenvalue weighted by atomic mass is 35.5. The van der Waals surface area contributed by atoms with Gasteiger partial charge in [0.1, 0.15) is 24.2 Å². The minimum atomic E-state index is -4.34. The van der Waals surface area contributed by atoms with E-state index in [2.05, 4.69) is 5.32 Å². The summed E-state index contributed by atoms with van der Waals surface area (Å²) in [7, 11) is -2.86. The topological polar surface area (TPSA) is 96.0 Å². The van der Waals surface area contributed by atoms with E-state index < -0.39 is 34.3 Å². The summed E-state index contributed by atoms with van der Waals surface area (Å²) >= 11 is 6.30. The zero-order valence-electron chi connectivity index (χ0n) is 26.7. The van der Waals surface area contributed by atoms with E-state index >= 15 is 4.39 Å². The molecular weight excluding hydrogens is 653 g/mol. The Morgan fingerprint density at radius 3 is 2.27 bits per heavy atom. The molecule has 0 radical (unpaired) electrons. The van der Waals surface area contributed by atoms with Crippen molar-refractivity contribution in [2.45, 2.75) is 62.0 Å². The Morgan fingerprint density at radius 1 is 0.917 bits per heavy atom. The van der Waals surface area contributed by atoms with Crippen LogP contribution in [-0.2, 0) is 32.6 Å². The molecule has 5 rings (SSSR count). The molecule has 1 fully saturated rings. The first-order valence-electron chi connectivity index (χ1n) is 16.0. The molecule has 11 heteroatoms. The average molecular weight is 692 g/mol. The number of sulfonamides is 1. The third kappa shape index (κ3) is 8.73. The smallest absolute Gasteiger partial charge is 0.264 e. The number of benzene rings is 4. The highest BCUT2D eigenvalue weighted by Gasteiger charge is 2.36. The number of anilines is 1. The predicted octanol–water partition coefficient (Wildman–Crippen LogP) is 6.77. The molecule has 1 N–H and O–H groups in total. The Balaban J connectivity index is 1.57. The molecule has 0 spiro atoms. The Kier molecular flexibility index (Phi) is 11.7. The molecular formula is C37H39ClFN3O5S. The number of hydrogen-bond acceptors (Lipinski definition) is 5. The van der Waals surface area contributed by atoms with Gasteiger partial charge in [0, 0.05) is 29.6 Å².